The highest BCUT2D eigenvalue weighted by atomic mass is 32.2. The number of rotatable bonds is 8. The molecule has 2 aromatic heterocycles. The van der Waals surface area contributed by atoms with Crippen LogP contribution in [0.3, 0.4) is 0 Å². The van der Waals surface area contributed by atoms with Crippen molar-refractivity contribution in [3.63, 3.8) is 0 Å². The van der Waals surface area contributed by atoms with Gasteiger partial charge in [0.25, 0.3) is 0 Å². The Morgan fingerprint density at radius 2 is 1.91 bits per heavy atom. The van der Waals surface area contributed by atoms with E-state index in [-0.39, 0.29) is 6.23 Å². The molecule has 34 heavy (non-hydrogen) atoms. The molecule has 3 heterocycles. The third kappa shape index (κ3) is 4.64. The van der Waals surface area contributed by atoms with Gasteiger partial charge in [-0.05, 0) is 44.8 Å². The molecule has 1 aliphatic rings. The van der Waals surface area contributed by atoms with Gasteiger partial charge < -0.3 is 14.5 Å². The van der Waals surface area contributed by atoms with Crippen molar-refractivity contribution >= 4 is 28.5 Å². The van der Waals surface area contributed by atoms with Crippen LogP contribution in [0.15, 0.2) is 71.3 Å². The molecule has 0 bridgehead atoms. The lowest BCUT2D eigenvalue weighted by Crippen LogP contribution is -2.30. The zero-order chi connectivity index (χ0) is 23.5. The van der Waals surface area contributed by atoms with Gasteiger partial charge in [-0.25, -0.2) is 4.98 Å². The van der Waals surface area contributed by atoms with Crippen LogP contribution in [-0.2, 0) is 0 Å². The quantitative estimate of drug-likeness (QED) is 0.323. The number of hydrogen-bond acceptors (Lipinski definition) is 7. The predicted molar refractivity (Wildman–Crippen MR) is 141 cm³/mol. The Bertz CT molecular complexity index is 1250. The fourth-order valence-electron chi connectivity index (χ4n) is 4.06. The highest BCUT2D eigenvalue weighted by Crippen LogP contribution is 2.45. The number of aromatic nitrogens is 1. The summed E-state index contributed by atoms with van der Waals surface area (Å²) in [6, 6.07) is 20.5. The lowest BCUT2D eigenvalue weighted by molar-refractivity contribution is 0.0820. The maximum absolute atomic E-state index is 6.47. The summed E-state index contributed by atoms with van der Waals surface area (Å²) in [7, 11) is 4.01. The van der Waals surface area contributed by atoms with Crippen molar-refractivity contribution in [2.45, 2.75) is 13.2 Å². The Hall–Kier alpha value is -3.00. The Labute approximate surface area is 204 Å². The van der Waals surface area contributed by atoms with Gasteiger partial charge >= 0.3 is 0 Å². The van der Waals surface area contributed by atoms with Crippen molar-refractivity contribution in [2.24, 2.45) is 0 Å². The Kier molecular flexibility index (Phi) is 6.76. The molecular weight excluding hydrogens is 444 g/mol. The van der Waals surface area contributed by atoms with Gasteiger partial charge in [0.2, 0.25) is 5.71 Å². The lowest BCUT2D eigenvalue weighted by Gasteiger charge is -2.22. The summed E-state index contributed by atoms with van der Waals surface area (Å²) < 4.78 is 12.8. The van der Waals surface area contributed by atoms with Crippen molar-refractivity contribution in [3.05, 3.63) is 66.9 Å². The summed E-state index contributed by atoms with van der Waals surface area (Å²) in [5, 5.41) is 4.63. The smallest absolute Gasteiger partial charge is 0.229 e. The van der Waals surface area contributed by atoms with Gasteiger partial charge in [-0.1, -0.05) is 42.5 Å². The van der Waals surface area contributed by atoms with E-state index in [1.807, 2.05) is 74.2 Å². The van der Waals surface area contributed by atoms with Gasteiger partial charge in [0.1, 0.15) is 17.7 Å². The molecule has 2 aromatic carbocycles. The zero-order valence-corrected chi connectivity index (χ0v) is 20.6. The first-order chi connectivity index (χ1) is 16.6. The minimum Gasteiger partial charge on any atom is -0.475 e. The van der Waals surface area contributed by atoms with E-state index in [9.17, 15) is 0 Å². The number of para-hydroxylation sites is 1. The summed E-state index contributed by atoms with van der Waals surface area (Å²) in [6.07, 6.45) is 1.72. The first-order valence-corrected chi connectivity index (χ1v) is 12.7. The van der Waals surface area contributed by atoms with Crippen molar-refractivity contribution in [1.29, 1.82) is 0 Å². The molecule has 0 aliphatic carbocycles. The largest absolute Gasteiger partial charge is 0.475 e. The average molecular weight is 475 g/mol. The first kappa shape index (κ1) is 22.8. The van der Waals surface area contributed by atoms with E-state index in [2.05, 4.69) is 45.5 Å². The van der Waals surface area contributed by atoms with Gasteiger partial charge in [0.05, 0.1) is 23.3 Å². The van der Waals surface area contributed by atoms with Crippen LogP contribution in [0.4, 0.5) is 5.69 Å². The molecule has 176 valence electrons. The van der Waals surface area contributed by atoms with Crippen molar-refractivity contribution in [3.8, 4) is 28.2 Å². The highest BCUT2D eigenvalue weighted by Gasteiger charge is 2.24. The second kappa shape index (κ2) is 10.1. The molecule has 6 nitrogen and oxygen atoms in total. The second-order valence-corrected chi connectivity index (χ2v) is 9.73. The number of nitrogens with one attached hydrogen (secondary N) is 1. The number of anilines is 1. The third-order valence-electron chi connectivity index (χ3n) is 6.13. The minimum absolute atomic E-state index is 0.0839. The van der Waals surface area contributed by atoms with Crippen LogP contribution >= 0.6 is 11.8 Å². The molecule has 1 N–H and O–H groups in total. The maximum atomic E-state index is 6.47. The standard InChI is InChI=1S/C27H30N4O2S/c1-19(30(2)3)32-23-12-8-7-11-21(23)26-24(20-9-5-4-6-10-20)25-22(13-14-28-27(25)33-26)29-17-31-15-16-34-18-31/h4-14,19H,15-18H2,1-3H3,(H,28,29). The lowest BCUT2D eigenvalue weighted by atomic mass is 9.98. The van der Waals surface area contributed by atoms with E-state index >= 15 is 0 Å². The number of fused-ring (bicyclic) bond motifs is 1. The molecule has 1 saturated heterocycles. The molecule has 1 fully saturated rings. The number of pyridine rings is 1. The molecule has 1 atom stereocenters. The summed E-state index contributed by atoms with van der Waals surface area (Å²) in [6.45, 7) is 3.93. The number of ether oxygens (including phenoxy) is 1. The van der Waals surface area contributed by atoms with Crippen LogP contribution in [0.2, 0.25) is 0 Å². The van der Waals surface area contributed by atoms with E-state index < -0.39 is 0 Å². The summed E-state index contributed by atoms with van der Waals surface area (Å²) in [5.74, 6) is 3.78. The number of nitrogens with zero attached hydrogens (tertiary/aromatic N) is 3. The van der Waals surface area contributed by atoms with Gasteiger partial charge in [-0.3, -0.25) is 9.80 Å². The van der Waals surface area contributed by atoms with Crippen LogP contribution in [0, 0.1) is 0 Å². The van der Waals surface area contributed by atoms with Gasteiger partial charge in [-0.2, -0.15) is 0 Å². The van der Waals surface area contributed by atoms with Crippen molar-refractivity contribution in [2.75, 3.05) is 44.3 Å². The molecule has 1 aliphatic heterocycles. The molecule has 7 heteroatoms. The fraction of sp³-hybridized carbons (Fsp3) is 0.296. The second-order valence-electron chi connectivity index (χ2n) is 8.65. The fourth-order valence-corrected chi connectivity index (χ4v) is 5.05. The van der Waals surface area contributed by atoms with Gasteiger partial charge in [0, 0.05) is 29.9 Å². The first-order valence-electron chi connectivity index (χ1n) is 11.5. The van der Waals surface area contributed by atoms with E-state index in [0.29, 0.717) is 5.71 Å². The molecule has 0 spiro atoms. The van der Waals surface area contributed by atoms with Crippen LogP contribution in [0.5, 0.6) is 5.75 Å². The number of benzene rings is 2. The Morgan fingerprint density at radius 1 is 1.12 bits per heavy atom. The number of hydrogen-bond donors (Lipinski definition) is 1. The Balaban J connectivity index is 1.65. The van der Waals surface area contributed by atoms with Crippen molar-refractivity contribution in [1.82, 2.24) is 14.8 Å². The zero-order valence-electron chi connectivity index (χ0n) is 19.8. The topological polar surface area (TPSA) is 53.8 Å². The van der Waals surface area contributed by atoms with Gasteiger partial charge in [-0.15, -0.1) is 11.8 Å². The van der Waals surface area contributed by atoms with E-state index in [1.165, 1.54) is 5.75 Å². The summed E-state index contributed by atoms with van der Waals surface area (Å²) >= 11 is 1.97. The monoisotopic (exact) mass is 474 g/mol. The third-order valence-corrected chi connectivity index (χ3v) is 7.15. The van der Waals surface area contributed by atoms with E-state index in [1.54, 1.807) is 0 Å². The number of thioether (sulfide) groups is 1. The molecule has 4 aromatic rings. The van der Waals surface area contributed by atoms with Crippen LogP contribution in [0.25, 0.3) is 33.6 Å². The minimum atomic E-state index is -0.0839. The maximum Gasteiger partial charge on any atom is 0.229 e. The molecular formula is C27H30N4O2S. The predicted octanol–water partition coefficient (Wildman–Crippen LogP) is 5.82. The molecule has 1 unspecified atom stereocenters. The molecule has 0 amide bonds. The summed E-state index contributed by atoms with van der Waals surface area (Å²) in [4.78, 5) is 9.04. The van der Waals surface area contributed by atoms with Crippen LogP contribution in [-0.4, -0.2) is 60.0 Å². The molecule has 5 rings (SSSR count). The molecule has 0 radical (unpaired) electrons. The van der Waals surface area contributed by atoms with E-state index in [0.717, 1.165) is 58.4 Å². The normalized spacial score (nSPS) is 15.2. The van der Waals surface area contributed by atoms with E-state index in [4.69, 9.17) is 9.15 Å². The number of furan rings is 1. The van der Waals surface area contributed by atoms with Crippen molar-refractivity contribution < 1.29 is 9.15 Å². The average Bonchev–Trinajstić information content (AvgIpc) is 3.51. The SMILES string of the molecule is CC(Oc1ccccc1-c1oc2nccc(NCN3CCSC3)c2c1-c1ccccc1)N(C)C. The van der Waals surface area contributed by atoms with Gasteiger partial charge in [0.15, 0.2) is 0 Å². The highest BCUT2D eigenvalue weighted by molar-refractivity contribution is 7.99. The summed E-state index contributed by atoms with van der Waals surface area (Å²) in [5.41, 5.74) is 4.66. The molecule has 0 saturated carbocycles. The Morgan fingerprint density at radius 3 is 2.68 bits per heavy atom. The van der Waals surface area contributed by atoms with Crippen LogP contribution < -0.4 is 10.1 Å². The van der Waals surface area contributed by atoms with Crippen LogP contribution in [0.1, 0.15) is 6.92 Å².